The number of ether oxygens (including phenoxy) is 2. The number of ketones is 1. The van der Waals surface area contributed by atoms with Crippen LogP contribution in [0.2, 0.25) is 0 Å². The third-order valence-electron chi connectivity index (χ3n) is 2.25. The SMILES string of the molecule is CC(=O)CC(=O)Nc1cccc2c1OCCO2. The van der Waals surface area contributed by atoms with Crippen LogP contribution >= 0.6 is 0 Å². The Kier molecular flexibility index (Phi) is 3.27. The highest BCUT2D eigenvalue weighted by atomic mass is 16.6. The number of benzene rings is 1. The zero-order chi connectivity index (χ0) is 12.3. The molecule has 0 unspecified atom stereocenters. The number of carbonyl (C=O) groups excluding carboxylic acids is 2. The molecule has 0 radical (unpaired) electrons. The zero-order valence-corrected chi connectivity index (χ0v) is 9.49. The molecule has 17 heavy (non-hydrogen) atoms. The van der Waals surface area contributed by atoms with Crippen LogP contribution in [0.25, 0.3) is 0 Å². The number of amides is 1. The molecule has 1 aromatic rings. The summed E-state index contributed by atoms with van der Waals surface area (Å²) < 4.78 is 10.8. The minimum Gasteiger partial charge on any atom is -0.486 e. The van der Waals surface area contributed by atoms with Crippen LogP contribution < -0.4 is 14.8 Å². The maximum absolute atomic E-state index is 11.5. The largest absolute Gasteiger partial charge is 0.486 e. The van der Waals surface area contributed by atoms with Crippen molar-refractivity contribution in [2.24, 2.45) is 0 Å². The Morgan fingerprint density at radius 2 is 2.06 bits per heavy atom. The highest BCUT2D eigenvalue weighted by Gasteiger charge is 2.17. The van der Waals surface area contributed by atoms with E-state index in [-0.39, 0.29) is 18.1 Å². The van der Waals surface area contributed by atoms with Gasteiger partial charge in [-0.2, -0.15) is 0 Å². The van der Waals surface area contributed by atoms with Crippen molar-refractivity contribution >= 4 is 17.4 Å². The maximum atomic E-state index is 11.5. The van der Waals surface area contributed by atoms with E-state index in [1.165, 1.54) is 6.92 Å². The number of rotatable bonds is 3. The third kappa shape index (κ3) is 2.75. The van der Waals surface area contributed by atoms with Gasteiger partial charge in [0.1, 0.15) is 19.0 Å². The van der Waals surface area contributed by atoms with Crippen LogP contribution in [0.1, 0.15) is 13.3 Å². The first-order valence-electron chi connectivity index (χ1n) is 5.34. The van der Waals surface area contributed by atoms with Crippen LogP contribution in [-0.4, -0.2) is 24.9 Å². The maximum Gasteiger partial charge on any atom is 0.231 e. The number of para-hydroxylation sites is 1. The Bertz CT molecular complexity index is 456. The Balaban J connectivity index is 2.16. The average Bonchev–Trinajstić information content (AvgIpc) is 2.28. The van der Waals surface area contributed by atoms with E-state index in [0.29, 0.717) is 30.4 Å². The normalized spacial score (nSPS) is 13.0. The average molecular weight is 235 g/mol. The Hall–Kier alpha value is -2.04. The summed E-state index contributed by atoms with van der Waals surface area (Å²) in [4.78, 5) is 22.3. The lowest BCUT2D eigenvalue weighted by atomic mass is 10.2. The number of Topliss-reactive ketones (excluding diaryl/α,β-unsaturated/α-hetero) is 1. The number of fused-ring (bicyclic) bond motifs is 1. The summed E-state index contributed by atoms with van der Waals surface area (Å²) in [5.41, 5.74) is 0.536. The van der Waals surface area contributed by atoms with Crippen molar-refractivity contribution < 1.29 is 19.1 Å². The fourth-order valence-corrected chi connectivity index (χ4v) is 1.59. The van der Waals surface area contributed by atoms with Gasteiger partial charge in [-0.1, -0.05) is 6.07 Å². The molecule has 1 aliphatic heterocycles. The molecule has 1 aromatic carbocycles. The standard InChI is InChI=1S/C12H13NO4/c1-8(14)7-11(15)13-9-3-2-4-10-12(9)17-6-5-16-10/h2-4H,5-7H2,1H3,(H,13,15). The van der Waals surface area contributed by atoms with Gasteiger partial charge < -0.3 is 14.8 Å². The first-order valence-corrected chi connectivity index (χ1v) is 5.34. The van der Waals surface area contributed by atoms with E-state index >= 15 is 0 Å². The van der Waals surface area contributed by atoms with Crippen molar-refractivity contribution in [1.82, 2.24) is 0 Å². The van der Waals surface area contributed by atoms with Gasteiger partial charge in [0.25, 0.3) is 0 Å². The molecule has 1 heterocycles. The molecule has 5 nitrogen and oxygen atoms in total. The first-order chi connectivity index (χ1) is 8.16. The van der Waals surface area contributed by atoms with Crippen LogP contribution in [0.3, 0.4) is 0 Å². The summed E-state index contributed by atoms with van der Waals surface area (Å²) in [5.74, 6) is 0.608. The smallest absolute Gasteiger partial charge is 0.231 e. The quantitative estimate of drug-likeness (QED) is 0.804. The van der Waals surface area contributed by atoms with Crippen molar-refractivity contribution in [3.05, 3.63) is 18.2 Å². The fourth-order valence-electron chi connectivity index (χ4n) is 1.59. The third-order valence-corrected chi connectivity index (χ3v) is 2.25. The van der Waals surface area contributed by atoms with Gasteiger partial charge >= 0.3 is 0 Å². The second kappa shape index (κ2) is 4.86. The molecule has 1 aliphatic rings. The van der Waals surface area contributed by atoms with E-state index in [1.54, 1.807) is 18.2 Å². The van der Waals surface area contributed by atoms with Crippen LogP contribution in [-0.2, 0) is 9.59 Å². The highest BCUT2D eigenvalue weighted by Crippen LogP contribution is 2.37. The molecule has 2 rings (SSSR count). The van der Waals surface area contributed by atoms with E-state index in [2.05, 4.69) is 5.32 Å². The van der Waals surface area contributed by atoms with Crippen LogP contribution in [0.5, 0.6) is 11.5 Å². The van der Waals surface area contributed by atoms with Gasteiger partial charge in [-0.3, -0.25) is 9.59 Å². The minimum atomic E-state index is -0.347. The van der Waals surface area contributed by atoms with Crippen LogP contribution in [0.15, 0.2) is 18.2 Å². The summed E-state index contributed by atoms with van der Waals surface area (Å²) in [5, 5.41) is 2.64. The van der Waals surface area contributed by atoms with Gasteiger partial charge in [0, 0.05) is 0 Å². The van der Waals surface area contributed by atoms with Gasteiger partial charge in [0.05, 0.1) is 12.1 Å². The molecule has 1 amide bonds. The lowest BCUT2D eigenvalue weighted by Gasteiger charge is -2.20. The van der Waals surface area contributed by atoms with Gasteiger partial charge in [-0.15, -0.1) is 0 Å². The molecular weight excluding hydrogens is 222 g/mol. The molecule has 0 aromatic heterocycles. The van der Waals surface area contributed by atoms with Gasteiger partial charge in [0.15, 0.2) is 11.5 Å². The predicted octanol–water partition coefficient (Wildman–Crippen LogP) is 1.38. The summed E-state index contributed by atoms with van der Waals surface area (Å²) in [7, 11) is 0. The molecule has 90 valence electrons. The monoisotopic (exact) mass is 235 g/mol. The Labute approximate surface area is 98.7 Å². The van der Waals surface area contributed by atoms with Gasteiger partial charge in [0.2, 0.25) is 5.91 Å². The molecule has 0 saturated heterocycles. The zero-order valence-electron chi connectivity index (χ0n) is 9.49. The summed E-state index contributed by atoms with van der Waals surface area (Å²) >= 11 is 0. The van der Waals surface area contributed by atoms with E-state index < -0.39 is 0 Å². The van der Waals surface area contributed by atoms with E-state index in [9.17, 15) is 9.59 Å². The molecular formula is C12H13NO4. The van der Waals surface area contributed by atoms with E-state index in [4.69, 9.17) is 9.47 Å². The van der Waals surface area contributed by atoms with Crippen molar-refractivity contribution in [2.75, 3.05) is 18.5 Å². The first kappa shape index (κ1) is 11.4. The van der Waals surface area contributed by atoms with Gasteiger partial charge in [-0.25, -0.2) is 0 Å². The molecule has 1 N–H and O–H groups in total. The fraction of sp³-hybridized carbons (Fsp3) is 0.333. The predicted molar refractivity (Wildman–Crippen MR) is 61.4 cm³/mol. The van der Waals surface area contributed by atoms with Crippen molar-refractivity contribution in [3.63, 3.8) is 0 Å². The topological polar surface area (TPSA) is 64.6 Å². The summed E-state index contributed by atoms with van der Waals surface area (Å²) in [6.07, 6.45) is -0.134. The highest BCUT2D eigenvalue weighted by molar-refractivity contribution is 6.04. The Morgan fingerprint density at radius 3 is 2.82 bits per heavy atom. The molecule has 0 saturated carbocycles. The van der Waals surface area contributed by atoms with Crippen molar-refractivity contribution in [1.29, 1.82) is 0 Å². The van der Waals surface area contributed by atoms with Crippen LogP contribution in [0, 0.1) is 0 Å². The molecule has 0 bridgehead atoms. The van der Waals surface area contributed by atoms with Crippen molar-refractivity contribution in [3.8, 4) is 11.5 Å². The summed E-state index contributed by atoms with van der Waals surface area (Å²) in [6, 6.07) is 5.25. The van der Waals surface area contributed by atoms with Gasteiger partial charge in [-0.05, 0) is 19.1 Å². The van der Waals surface area contributed by atoms with E-state index in [1.807, 2.05) is 0 Å². The Morgan fingerprint density at radius 1 is 1.29 bits per heavy atom. The molecule has 0 fully saturated rings. The number of nitrogens with one attached hydrogen (secondary N) is 1. The number of anilines is 1. The van der Waals surface area contributed by atoms with E-state index in [0.717, 1.165) is 0 Å². The lowest BCUT2D eigenvalue weighted by molar-refractivity contribution is -0.124. The number of hydrogen-bond donors (Lipinski definition) is 1. The lowest BCUT2D eigenvalue weighted by Crippen LogP contribution is -2.19. The number of hydrogen-bond acceptors (Lipinski definition) is 4. The summed E-state index contributed by atoms with van der Waals surface area (Å²) in [6.45, 7) is 2.32. The molecule has 0 aliphatic carbocycles. The second-order valence-corrected chi connectivity index (χ2v) is 3.76. The van der Waals surface area contributed by atoms with Crippen molar-refractivity contribution in [2.45, 2.75) is 13.3 Å². The minimum absolute atomic E-state index is 0.134. The molecule has 0 spiro atoms. The molecule has 5 heteroatoms. The second-order valence-electron chi connectivity index (χ2n) is 3.76. The number of carbonyl (C=O) groups is 2. The molecule has 0 atom stereocenters. The van der Waals surface area contributed by atoms with Crippen LogP contribution in [0.4, 0.5) is 5.69 Å².